The Hall–Kier alpha value is -1.61. The van der Waals surface area contributed by atoms with Crippen molar-refractivity contribution in [1.82, 2.24) is 19.4 Å². The van der Waals surface area contributed by atoms with E-state index in [1.165, 1.54) is 16.4 Å². The summed E-state index contributed by atoms with van der Waals surface area (Å²) in [5, 5.41) is 8.05. The van der Waals surface area contributed by atoms with Gasteiger partial charge in [-0.05, 0) is 44.0 Å². The molecule has 7 nitrogen and oxygen atoms in total. The van der Waals surface area contributed by atoms with E-state index < -0.39 is 10.0 Å². The molecule has 152 valence electrons. The third-order valence-electron chi connectivity index (χ3n) is 4.90. The van der Waals surface area contributed by atoms with Gasteiger partial charge >= 0.3 is 0 Å². The monoisotopic (exact) mass is 444 g/mol. The maximum absolute atomic E-state index is 12.7. The third kappa shape index (κ3) is 4.51. The minimum atomic E-state index is -3.58. The lowest BCUT2D eigenvalue weighted by molar-refractivity contribution is -0.126. The highest BCUT2D eigenvalue weighted by molar-refractivity contribution is 7.89. The summed E-state index contributed by atoms with van der Waals surface area (Å²) in [4.78, 5) is 12.7. The molecule has 0 radical (unpaired) electrons. The maximum Gasteiger partial charge on any atom is 0.243 e. The number of benzene rings is 1. The summed E-state index contributed by atoms with van der Waals surface area (Å²) < 4.78 is 28.6. The van der Waals surface area contributed by atoms with Crippen LogP contribution in [0.2, 0.25) is 10.0 Å². The number of aromatic nitrogens is 2. The Bertz CT molecular complexity index is 936. The average molecular weight is 445 g/mol. The van der Waals surface area contributed by atoms with Gasteiger partial charge in [0.15, 0.2) is 0 Å². The molecule has 0 saturated carbocycles. The number of halogens is 2. The van der Waals surface area contributed by atoms with Gasteiger partial charge in [-0.3, -0.25) is 9.48 Å². The first-order valence-corrected chi connectivity index (χ1v) is 11.3. The van der Waals surface area contributed by atoms with Crippen molar-refractivity contribution in [3.8, 4) is 0 Å². The van der Waals surface area contributed by atoms with Gasteiger partial charge in [0, 0.05) is 30.6 Å². The zero-order valence-electron chi connectivity index (χ0n) is 15.4. The van der Waals surface area contributed by atoms with Crippen LogP contribution >= 0.6 is 23.2 Å². The Morgan fingerprint density at radius 1 is 1.21 bits per heavy atom. The minimum absolute atomic E-state index is 0.0940. The van der Waals surface area contributed by atoms with E-state index in [0.29, 0.717) is 49.1 Å². The lowest BCUT2D eigenvalue weighted by Crippen LogP contribution is -2.43. The highest BCUT2D eigenvalue weighted by atomic mass is 35.5. The molecule has 1 aromatic heterocycles. The van der Waals surface area contributed by atoms with E-state index in [4.69, 9.17) is 23.2 Å². The Labute approximate surface area is 174 Å². The second-order valence-electron chi connectivity index (χ2n) is 6.61. The Morgan fingerprint density at radius 3 is 2.46 bits per heavy atom. The zero-order chi connectivity index (χ0) is 20.3. The molecule has 2 aromatic rings. The van der Waals surface area contributed by atoms with Gasteiger partial charge in [0.1, 0.15) is 0 Å². The first-order chi connectivity index (χ1) is 13.3. The quantitative estimate of drug-likeness (QED) is 0.741. The smallest absolute Gasteiger partial charge is 0.243 e. The summed E-state index contributed by atoms with van der Waals surface area (Å²) in [6, 6.07) is 6.11. The van der Waals surface area contributed by atoms with E-state index in [2.05, 4.69) is 10.4 Å². The van der Waals surface area contributed by atoms with Crippen LogP contribution in [0.5, 0.6) is 0 Å². The molecule has 2 heterocycles. The van der Waals surface area contributed by atoms with Crippen LogP contribution in [0.3, 0.4) is 0 Å². The number of nitrogens with one attached hydrogen (secondary N) is 1. The highest BCUT2D eigenvalue weighted by Crippen LogP contribution is 2.25. The number of hydrogen-bond acceptors (Lipinski definition) is 4. The largest absolute Gasteiger partial charge is 0.350 e. The molecule has 3 rings (SSSR count). The summed E-state index contributed by atoms with van der Waals surface area (Å²) in [6.45, 7) is 3.52. The van der Waals surface area contributed by atoms with E-state index in [-0.39, 0.29) is 16.7 Å². The summed E-state index contributed by atoms with van der Waals surface area (Å²) in [5.74, 6) is -0.322. The minimum Gasteiger partial charge on any atom is -0.350 e. The van der Waals surface area contributed by atoms with Crippen molar-refractivity contribution in [2.45, 2.75) is 37.8 Å². The molecule has 0 atom stereocenters. The van der Waals surface area contributed by atoms with E-state index >= 15 is 0 Å². The molecule has 1 aliphatic rings. The van der Waals surface area contributed by atoms with E-state index in [9.17, 15) is 13.2 Å². The molecule has 28 heavy (non-hydrogen) atoms. The Kier molecular flexibility index (Phi) is 6.65. The Balaban J connectivity index is 1.56. The second kappa shape index (κ2) is 8.82. The third-order valence-corrected chi connectivity index (χ3v) is 7.38. The number of amides is 1. The van der Waals surface area contributed by atoms with Crippen LogP contribution in [0.1, 0.15) is 25.5 Å². The fourth-order valence-corrected chi connectivity index (χ4v) is 5.07. The van der Waals surface area contributed by atoms with Crippen LogP contribution in [0.15, 0.2) is 35.4 Å². The predicted molar refractivity (Wildman–Crippen MR) is 108 cm³/mol. The van der Waals surface area contributed by atoms with Crippen LogP contribution < -0.4 is 5.32 Å². The second-order valence-corrected chi connectivity index (χ2v) is 9.39. The van der Waals surface area contributed by atoms with Crippen molar-refractivity contribution in [2.75, 3.05) is 13.1 Å². The topological polar surface area (TPSA) is 84.3 Å². The van der Waals surface area contributed by atoms with Gasteiger partial charge < -0.3 is 5.32 Å². The molecule has 10 heteroatoms. The molecule has 1 aliphatic heterocycles. The molecule has 1 aromatic carbocycles. The summed E-state index contributed by atoms with van der Waals surface area (Å²) in [7, 11) is -3.58. The van der Waals surface area contributed by atoms with Crippen molar-refractivity contribution in [3.63, 3.8) is 0 Å². The van der Waals surface area contributed by atoms with Crippen LogP contribution in [0.4, 0.5) is 0 Å². The number of piperidine rings is 1. The first-order valence-electron chi connectivity index (χ1n) is 9.06. The SMILES string of the molecule is CCn1ncc(Cl)c1CNC(=O)C1CCN(S(=O)(=O)c2ccc(Cl)cc2)CC1. The fourth-order valence-electron chi connectivity index (χ4n) is 3.27. The molecule has 0 bridgehead atoms. The number of aryl methyl sites for hydroxylation is 1. The van der Waals surface area contributed by atoms with E-state index in [1.54, 1.807) is 23.0 Å². The normalized spacial score (nSPS) is 16.2. The first kappa shape index (κ1) is 21.1. The number of hydrogen-bond donors (Lipinski definition) is 1. The van der Waals surface area contributed by atoms with Gasteiger partial charge in [-0.25, -0.2) is 8.42 Å². The van der Waals surface area contributed by atoms with E-state index in [0.717, 1.165) is 5.69 Å². The average Bonchev–Trinajstić information content (AvgIpc) is 3.06. The standard InChI is InChI=1S/C18H22Cl2N4O3S/c1-2-24-17(16(20)11-22-24)12-21-18(25)13-7-9-23(10-8-13)28(26,27)15-5-3-14(19)4-6-15/h3-6,11,13H,2,7-10,12H2,1H3,(H,21,25). The van der Waals surface area contributed by atoms with Gasteiger partial charge in [0.05, 0.1) is 28.4 Å². The summed E-state index contributed by atoms with van der Waals surface area (Å²) in [5.41, 5.74) is 0.764. The number of nitrogens with zero attached hydrogens (tertiary/aromatic N) is 3. The van der Waals surface area contributed by atoms with Gasteiger partial charge in [-0.15, -0.1) is 0 Å². The fraction of sp³-hybridized carbons (Fsp3) is 0.444. The van der Waals surface area contributed by atoms with Crippen LogP contribution in [0, 0.1) is 5.92 Å². The van der Waals surface area contributed by atoms with Crippen molar-refractivity contribution in [3.05, 3.63) is 46.2 Å². The molecular weight excluding hydrogens is 423 g/mol. The van der Waals surface area contributed by atoms with Gasteiger partial charge in [-0.1, -0.05) is 23.2 Å². The molecule has 1 N–H and O–H groups in total. The summed E-state index contributed by atoms with van der Waals surface area (Å²) in [6.07, 6.45) is 2.51. The van der Waals surface area contributed by atoms with Crippen molar-refractivity contribution in [1.29, 1.82) is 0 Å². The maximum atomic E-state index is 12.7. The lowest BCUT2D eigenvalue weighted by Gasteiger charge is -2.30. The van der Waals surface area contributed by atoms with Crippen molar-refractivity contribution >= 4 is 39.1 Å². The van der Waals surface area contributed by atoms with Gasteiger partial charge in [-0.2, -0.15) is 9.40 Å². The van der Waals surface area contributed by atoms with Gasteiger partial charge in [0.2, 0.25) is 15.9 Å². The number of carbonyl (C=O) groups is 1. The lowest BCUT2D eigenvalue weighted by atomic mass is 9.97. The van der Waals surface area contributed by atoms with Crippen LogP contribution in [-0.2, 0) is 27.9 Å². The number of sulfonamides is 1. The molecule has 1 fully saturated rings. The zero-order valence-corrected chi connectivity index (χ0v) is 17.8. The van der Waals surface area contributed by atoms with Crippen molar-refractivity contribution in [2.24, 2.45) is 5.92 Å². The van der Waals surface area contributed by atoms with Crippen LogP contribution in [0.25, 0.3) is 0 Å². The predicted octanol–water partition coefficient (Wildman–Crippen LogP) is 2.93. The number of carbonyl (C=O) groups excluding carboxylic acids is 1. The van der Waals surface area contributed by atoms with E-state index in [1.807, 2.05) is 6.92 Å². The highest BCUT2D eigenvalue weighted by Gasteiger charge is 2.32. The molecule has 0 spiro atoms. The van der Waals surface area contributed by atoms with Crippen molar-refractivity contribution < 1.29 is 13.2 Å². The number of rotatable bonds is 6. The Morgan fingerprint density at radius 2 is 1.86 bits per heavy atom. The summed E-state index contributed by atoms with van der Waals surface area (Å²) >= 11 is 11.9. The van der Waals surface area contributed by atoms with Gasteiger partial charge in [0.25, 0.3) is 0 Å². The molecule has 0 aliphatic carbocycles. The molecule has 0 unspecified atom stereocenters. The molecular formula is C18H22Cl2N4O3S. The van der Waals surface area contributed by atoms with Crippen LogP contribution in [-0.4, -0.2) is 41.5 Å². The molecule has 1 amide bonds. The molecule has 1 saturated heterocycles.